The summed E-state index contributed by atoms with van der Waals surface area (Å²) in [7, 11) is 0. The molecule has 5 heterocycles. The van der Waals surface area contributed by atoms with Crippen LogP contribution in [0, 0.1) is 17.5 Å². The highest BCUT2D eigenvalue weighted by Gasteiger charge is 2.19. The zero-order valence-electron chi connectivity index (χ0n) is 27.3. The number of hydrogen-bond acceptors (Lipinski definition) is 3. The van der Waals surface area contributed by atoms with Crippen LogP contribution in [0.15, 0.2) is 121 Å². The summed E-state index contributed by atoms with van der Waals surface area (Å²) in [5.74, 6) is -0.928. The zero-order chi connectivity index (χ0) is 35.3. The molecule has 0 spiro atoms. The average Bonchev–Trinajstić information content (AvgIpc) is 3.99. The van der Waals surface area contributed by atoms with Crippen LogP contribution in [-0.4, -0.2) is 25.0 Å². The van der Waals surface area contributed by atoms with Crippen LogP contribution in [0.3, 0.4) is 0 Å². The van der Waals surface area contributed by atoms with Crippen molar-refractivity contribution in [1.82, 2.24) is 19.9 Å². The monoisotopic (exact) mass is 684 g/mol. The number of rotatable bonds is 4. The Balaban J connectivity index is 1.47. The fourth-order valence-electron chi connectivity index (χ4n) is 6.90. The molecular formula is C44H27F3N4O. The highest BCUT2D eigenvalue weighted by Crippen LogP contribution is 2.38. The molecule has 0 saturated carbocycles. The van der Waals surface area contributed by atoms with Gasteiger partial charge >= 0.3 is 0 Å². The molecule has 9 rings (SSSR count). The van der Waals surface area contributed by atoms with Crippen molar-refractivity contribution in [2.45, 2.75) is 0 Å². The minimum atomic E-state index is -0.358. The Kier molecular flexibility index (Phi) is 7.43. The lowest BCUT2D eigenvalue weighted by atomic mass is 10.0. The van der Waals surface area contributed by atoms with Crippen LogP contribution in [0.1, 0.15) is 22.8 Å². The van der Waals surface area contributed by atoms with Crippen LogP contribution in [0.5, 0.6) is 5.75 Å². The quantitative estimate of drug-likeness (QED) is 0.173. The van der Waals surface area contributed by atoms with E-state index in [1.165, 1.54) is 36.4 Å². The van der Waals surface area contributed by atoms with Gasteiger partial charge in [0.25, 0.3) is 0 Å². The van der Waals surface area contributed by atoms with Crippen LogP contribution in [-0.2, 0) is 0 Å². The standard InChI is InChI=1S/C44H27F3N4O/c45-29-9-1-25(2-10-29)41-33-17-19-35(48-33)42(26-3-11-30(46)12-4-26)37-21-23-39(50-37)44(28-7-15-32(52)16-8-28)40-24-22-38(51-40)43(36-20-18-34(41)49-36)27-5-13-31(47)14-6-27/h1-24,48,51-52H. The van der Waals surface area contributed by atoms with E-state index < -0.39 is 0 Å². The molecule has 0 radical (unpaired) electrons. The molecular weight excluding hydrogens is 658 g/mol. The number of nitrogens with zero attached hydrogens (tertiary/aromatic N) is 2. The van der Waals surface area contributed by atoms with Gasteiger partial charge in [-0.1, -0.05) is 48.5 Å². The molecule has 250 valence electrons. The van der Waals surface area contributed by atoms with Crippen molar-refractivity contribution in [1.29, 1.82) is 0 Å². The van der Waals surface area contributed by atoms with E-state index in [9.17, 15) is 18.3 Å². The molecule has 8 bridgehead atoms. The first-order chi connectivity index (χ1) is 25.4. The molecule has 52 heavy (non-hydrogen) atoms. The lowest BCUT2D eigenvalue weighted by molar-refractivity contribution is 0.475. The summed E-state index contributed by atoms with van der Waals surface area (Å²) in [6, 6.07) is 33.6. The number of aromatic nitrogens is 4. The van der Waals surface area contributed by atoms with Crippen LogP contribution < -0.4 is 0 Å². The summed E-state index contributed by atoms with van der Waals surface area (Å²) >= 11 is 0. The molecule has 0 atom stereocenters. The maximum Gasteiger partial charge on any atom is 0.123 e. The zero-order valence-corrected chi connectivity index (χ0v) is 27.3. The summed E-state index contributed by atoms with van der Waals surface area (Å²) in [5, 5.41) is 10.1. The second-order valence-corrected chi connectivity index (χ2v) is 12.6. The van der Waals surface area contributed by atoms with Gasteiger partial charge in [0.2, 0.25) is 0 Å². The molecule has 8 heteroatoms. The number of aromatic amines is 2. The maximum absolute atomic E-state index is 14.2. The molecule has 3 aromatic heterocycles. The highest BCUT2D eigenvalue weighted by molar-refractivity contribution is 5.99. The number of phenols is 1. The van der Waals surface area contributed by atoms with Gasteiger partial charge in [-0.3, -0.25) is 0 Å². The van der Waals surface area contributed by atoms with Crippen LogP contribution in [0.2, 0.25) is 0 Å². The van der Waals surface area contributed by atoms with Crippen LogP contribution in [0.25, 0.3) is 90.9 Å². The van der Waals surface area contributed by atoms with E-state index in [4.69, 9.17) is 9.97 Å². The van der Waals surface area contributed by atoms with Gasteiger partial charge in [-0.25, -0.2) is 23.1 Å². The molecule has 0 amide bonds. The van der Waals surface area contributed by atoms with Crippen molar-refractivity contribution in [3.63, 3.8) is 0 Å². The van der Waals surface area contributed by atoms with Gasteiger partial charge in [-0.15, -0.1) is 0 Å². The van der Waals surface area contributed by atoms with Crippen molar-refractivity contribution in [3.05, 3.63) is 162 Å². The topological polar surface area (TPSA) is 77.6 Å². The Morgan fingerprint density at radius 2 is 0.596 bits per heavy atom. The number of fused-ring (bicyclic) bond motifs is 8. The number of nitrogens with one attached hydrogen (secondary N) is 2. The number of benzene rings is 4. The van der Waals surface area contributed by atoms with E-state index in [0.29, 0.717) is 22.8 Å². The van der Waals surface area contributed by atoms with Crippen molar-refractivity contribution >= 4 is 46.4 Å². The molecule has 0 fully saturated rings. The summed E-state index contributed by atoms with van der Waals surface area (Å²) in [6.45, 7) is 0. The molecule has 0 aliphatic carbocycles. The molecule has 4 aromatic carbocycles. The lowest BCUT2D eigenvalue weighted by Gasteiger charge is -2.07. The van der Waals surface area contributed by atoms with E-state index in [-0.39, 0.29) is 23.2 Å². The van der Waals surface area contributed by atoms with Crippen molar-refractivity contribution in [2.75, 3.05) is 0 Å². The van der Waals surface area contributed by atoms with Crippen LogP contribution in [0.4, 0.5) is 13.2 Å². The van der Waals surface area contributed by atoms with Crippen molar-refractivity contribution < 1.29 is 18.3 Å². The minimum Gasteiger partial charge on any atom is -0.508 e. The number of phenolic OH excluding ortho intramolecular Hbond substituents is 1. The molecule has 2 aliphatic rings. The third-order valence-corrected chi connectivity index (χ3v) is 9.31. The van der Waals surface area contributed by atoms with Gasteiger partial charge in [0.05, 0.1) is 22.8 Å². The van der Waals surface area contributed by atoms with E-state index in [1.807, 2.05) is 60.7 Å². The Morgan fingerprint density at radius 3 is 0.865 bits per heavy atom. The van der Waals surface area contributed by atoms with Crippen LogP contribution >= 0.6 is 0 Å². The van der Waals surface area contributed by atoms with Gasteiger partial charge in [0.15, 0.2) is 0 Å². The summed E-state index contributed by atoms with van der Waals surface area (Å²) in [6.07, 6.45) is 7.71. The van der Waals surface area contributed by atoms with Crippen molar-refractivity contribution in [3.8, 4) is 50.3 Å². The summed E-state index contributed by atoms with van der Waals surface area (Å²) < 4.78 is 42.6. The predicted molar refractivity (Wildman–Crippen MR) is 202 cm³/mol. The average molecular weight is 685 g/mol. The Labute approximate surface area is 295 Å². The fourth-order valence-corrected chi connectivity index (χ4v) is 6.90. The minimum absolute atomic E-state index is 0.136. The third kappa shape index (κ3) is 5.56. The van der Waals surface area contributed by atoms with Crippen molar-refractivity contribution in [2.24, 2.45) is 0 Å². The summed E-state index contributed by atoms with van der Waals surface area (Å²) in [4.78, 5) is 17.5. The van der Waals surface area contributed by atoms with Gasteiger partial charge in [-0.2, -0.15) is 0 Å². The van der Waals surface area contributed by atoms with Gasteiger partial charge in [0, 0.05) is 44.3 Å². The van der Waals surface area contributed by atoms with E-state index >= 15 is 0 Å². The largest absolute Gasteiger partial charge is 0.508 e. The Morgan fingerprint density at radius 1 is 0.346 bits per heavy atom. The molecule has 0 saturated heterocycles. The second-order valence-electron chi connectivity index (χ2n) is 12.6. The number of halogens is 3. The second kappa shape index (κ2) is 12.4. The molecule has 3 N–H and O–H groups in total. The maximum atomic E-state index is 14.2. The number of H-pyrrole nitrogens is 2. The normalized spacial score (nSPS) is 12.1. The number of hydrogen-bond donors (Lipinski definition) is 3. The summed E-state index contributed by atoms with van der Waals surface area (Å²) in [5.41, 5.74) is 11.7. The SMILES string of the molecule is Oc1ccc(-c2c3nc(c(-c4ccc(F)cc4)c4ccc([nH]4)c(-c4ccc(F)cc4)c4nc(c(-c5ccc(F)cc5)c5ccc2[nH]5)C=C4)C=C3)cc1. The highest BCUT2D eigenvalue weighted by atomic mass is 19.1. The molecule has 7 aromatic rings. The van der Waals surface area contributed by atoms with Gasteiger partial charge in [-0.05, 0) is 119 Å². The fraction of sp³-hybridized carbons (Fsp3) is 0. The molecule has 5 nitrogen and oxygen atoms in total. The number of aromatic hydroxyl groups is 1. The lowest BCUT2D eigenvalue weighted by Crippen LogP contribution is -1.90. The smallest absolute Gasteiger partial charge is 0.123 e. The van der Waals surface area contributed by atoms with Gasteiger partial charge < -0.3 is 15.1 Å². The first-order valence-corrected chi connectivity index (χ1v) is 16.6. The first-order valence-electron chi connectivity index (χ1n) is 16.6. The Hall–Kier alpha value is -6.93. The van der Waals surface area contributed by atoms with E-state index in [0.717, 1.165) is 66.6 Å². The molecule has 2 aliphatic heterocycles. The Bertz CT molecular complexity index is 2370. The van der Waals surface area contributed by atoms with E-state index in [1.54, 1.807) is 48.5 Å². The first kappa shape index (κ1) is 31.1. The third-order valence-electron chi connectivity index (χ3n) is 9.31. The van der Waals surface area contributed by atoms with E-state index in [2.05, 4.69) is 9.97 Å². The molecule has 0 unspecified atom stereocenters. The van der Waals surface area contributed by atoms with Gasteiger partial charge in [0.1, 0.15) is 23.2 Å². The predicted octanol–water partition coefficient (Wildman–Crippen LogP) is 11.4.